The van der Waals surface area contributed by atoms with Gasteiger partial charge in [-0.3, -0.25) is 0 Å². The minimum Gasteiger partial charge on any atom is -0.487 e. The second kappa shape index (κ2) is 11.4. The third kappa shape index (κ3) is 16.0. The molecule has 6 nitrogen and oxygen atoms in total. The molecule has 0 rings (SSSR count). The Labute approximate surface area is 99.7 Å². The van der Waals surface area contributed by atoms with Gasteiger partial charge in [-0.25, -0.2) is 0 Å². The van der Waals surface area contributed by atoms with Gasteiger partial charge in [-0.05, 0) is 24.4 Å². The van der Waals surface area contributed by atoms with Crippen molar-refractivity contribution < 1.29 is 19.3 Å². The van der Waals surface area contributed by atoms with Crippen LogP contribution in [-0.2, 0) is 14.2 Å². The van der Waals surface area contributed by atoms with Gasteiger partial charge in [0.1, 0.15) is 0 Å². The van der Waals surface area contributed by atoms with Gasteiger partial charge in [-0.1, -0.05) is 0 Å². The summed E-state index contributed by atoms with van der Waals surface area (Å²) in [6.45, 7) is 0.486. The summed E-state index contributed by atoms with van der Waals surface area (Å²) in [7, 11) is 4.63. The summed E-state index contributed by atoms with van der Waals surface area (Å²) in [6, 6.07) is 0. The third-order valence-corrected chi connectivity index (χ3v) is 1.44. The number of ether oxygens (including phenoxy) is 3. The summed E-state index contributed by atoms with van der Waals surface area (Å²) >= 11 is 8.60. The molecule has 0 saturated heterocycles. The van der Waals surface area contributed by atoms with Crippen LogP contribution in [0.4, 0.5) is 0 Å². The molecule has 0 atom stereocenters. The molecule has 15 heavy (non-hydrogen) atoms. The molecule has 0 aliphatic rings. The van der Waals surface area contributed by atoms with Gasteiger partial charge in [0, 0.05) is 14.2 Å². The number of thiocarbonyl (C=S) groups is 2. The Morgan fingerprint density at radius 3 is 2.00 bits per heavy atom. The highest BCUT2D eigenvalue weighted by atomic mass is 32.1. The second-order valence-electron chi connectivity index (χ2n) is 2.11. The van der Waals surface area contributed by atoms with Crippen LogP contribution >= 0.6 is 24.4 Å². The highest BCUT2D eigenvalue weighted by Gasteiger charge is 2.04. The van der Waals surface area contributed by atoms with Gasteiger partial charge in [0.25, 0.3) is 10.3 Å². The van der Waals surface area contributed by atoms with Crippen molar-refractivity contribution >= 4 is 34.8 Å². The van der Waals surface area contributed by atoms with Crippen LogP contribution in [-0.4, -0.2) is 49.6 Å². The maximum absolute atomic E-state index is 7.56. The number of aliphatic hydroxyl groups excluding tert-OH is 1. The molecule has 0 aliphatic carbocycles. The number of methoxy groups -OCH3 is 3. The summed E-state index contributed by atoms with van der Waals surface area (Å²) in [6.07, 6.45) is -0.289. The van der Waals surface area contributed by atoms with Gasteiger partial charge in [0.2, 0.25) is 0 Å². The average molecular weight is 256 g/mol. The first-order valence-corrected chi connectivity index (χ1v) is 4.65. The van der Waals surface area contributed by atoms with Crippen molar-refractivity contribution in [3.05, 3.63) is 0 Å². The van der Waals surface area contributed by atoms with Gasteiger partial charge in [0.15, 0.2) is 6.29 Å². The van der Waals surface area contributed by atoms with Crippen LogP contribution in [0.1, 0.15) is 0 Å². The van der Waals surface area contributed by atoms with Gasteiger partial charge >= 0.3 is 0 Å². The fourth-order valence-corrected chi connectivity index (χ4v) is 0.585. The van der Waals surface area contributed by atoms with Crippen LogP contribution in [0.5, 0.6) is 0 Å². The summed E-state index contributed by atoms with van der Waals surface area (Å²) in [5.41, 5.74) is 4.40. The zero-order valence-corrected chi connectivity index (χ0v) is 10.5. The molecule has 8 heteroatoms. The molecule has 0 bridgehead atoms. The van der Waals surface area contributed by atoms with Crippen LogP contribution in [0.25, 0.3) is 0 Å². The Bertz CT molecular complexity index is 184. The first-order valence-electron chi connectivity index (χ1n) is 3.83. The Morgan fingerprint density at radius 1 is 1.33 bits per heavy atom. The van der Waals surface area contributed by atoms with E-state index in [1.807, 2.05) is 0 Å². The largest absolute Gasteiger partial charge is 0.487 e. The smallest absolute Gasteiger partial charge is 0.256 e. The minimum absolute atomic E-state index is 0.289. The molecule has 0 spiro atoms. The van der Waals surface area contributed by atoms with Crippen LogP contribution in [0.15, 0.2) is 0 Å². The Morgan fingerprint density at radius 2 is 1.73 bits per heavy atom. The van der Waals surface area contributed by atoms with Crippen LogP contribution < -0.4 is 11.1 Å². The van der Waals surface area contributed by atoms with E-state index in [-0.39, 0.29) is 6.29 Å². The summed E-state index contributed by atoms with van der Waals surface area (Å²) < 4.78 is 14.5. The van der Waals surface area contributed by atoms with E-state index in [1.54, 1.807) is 14.2 Å². The predicted molar refractivity (Wildman–Crippen MR) is 64.8 cm³/mol. The van der Waals surface area contributed by atoms with E-state index >= 15 is 0 Å². The number of aliphatic hydroxyl groups is 1. The molecule has 0 amide bonds. The quantitative estimate of drug-likeness (QED) is 0.475. The molecule has 0 aromatic rings. The highest BCUT2D eigenvalue weighted by Crippen LogP contribution is 1.87. The minimum atomic E-state index is -0.500. The number of nitrogens with two attached hydrogens (primary N) is 1. The molecule has 0 unspecified atom stereocenters. The SMILES string of the molecule is COC(=S)NCC(OC)OC.NC(O)=S. The standard InChI is InChI=1S/C6H13NO3S.CH3NOS/c1-8-5(9-2)4-7-6(11)10-3;2-1(3)4/h5H,4H2,1-3H3,(H,7,11);(H3,2,3,4). The normalized spacial score (nSPS) is 8.80. The number of rotatable bonds is 4. The van der Waals surface area contributed by atoms with Crippen molar-refractivity contribution in [2.24, 2.45) is 5.73 Å². The monoisotopic (exact) mass is 256 g/mol. The number of hydrogen-bond donors (Lipinski definition) is 3. The maximum atomic E-state index is 7.56. The van der Waals surface area contributed by atoms with Crippen molar-refractivity contribution in [1.82, 2.24) is 5.32 Å². The first kappa shape index (κ1) is 16.7. The van der Waals surface area contributed by atoms with Gasteiger partial charge in [0.05, 0.1) is 13.7 Å². The van der Waals surface area contributed by atoms with Crippen molar-refractivity contribution in [2.75, 3.05) is 27.9 Å². The Hall–Kier alpha value is -0.700. The van der Waals surface area contributed by atoms with Gasteiger partial charge in [-0.15, -0.1) is 0 Å². The summed E-state index contributed by atoms with van der Waals surface area (Å²) in [4.78, 5) is 0. The Balaban J connectivity index is 0. The molecule has 90 valence electrons. The highest BCUT2D eigenvalue weighted by molar-refractivity contribution is 7.80. The van der Waals surface area contributed by atoms with Crippen molar-refractivity contribution in [3.8, 4) is 0 Å². The molecule has 0 heterocycles. The molecule has 0 aromatic heterocycles. The molecular weight excluding hydrogens is 240 g/mol. The fraction of sp³-hybridized carbons (Fsp3) is 0.714. The van der Waals surface area contributed by atoms with Crippen molar-refractivity contribution in [3.63, 3.8) is 0 Å². The third-order valence-electron chi connectivity index (χ3n) is 1.12. The van der Waals surface area contributed by atoms with Crippen molar-refractivity contribution in [1.29, 1.82) is 0 Å². The molecule has 0 aliphatic heterocycles. The van der Waals surface area contributed by atoms with E-state index < -0.39 is 5.17 Å². The number of nitrogens with one attached hydrogen (secondary N) is 1. The summed E-state index contributed by atoms with van der Waals surface area (Å²) in [5, 5.41) is 10.2. The van der Waals surface area contributed by atoms with Crippen molar-refractivity contribution in [2.45, 2.75) is 6.29 Å². The Kier molecular flexibility index (Phi) is 12.7. The van der Waals surface area contributed by atoms with E-state index in [0.29, 0.717) is 11.7 Å². The predicted octanol–water partition coefficient (Wildman–Crippen LogP) is -0.0858. The average Bonchev–Trinajstić information content (AvgIpc) is 2.18. The topological polar surface area (TPSA) is 86.0 Å². The van der Waals surface area contributed by atoms with Crippen LogP contribution in [0.3, 0.4) is 0 Å². The van der Waals surface area contributed by atoms with Crippen LogP contribution in [0.2, 0.25) is 0 Å². The molecule has 4 N–H and O–H groups in total. The first-order chi connectivity index (χ1) is 6.97. The van der Waals surface area contributed by atoms with E-state index in [2.05, 4.69) is 23.3 Å². The molecular formula is C7H16N2O4S2. The van der Waals surface area contributed by atoms with Gasteiger partial charge in [-0.2, -0.15) is 0 Å². The van der Waals surface area contributed by atoms with E-state index in [1.165, 1.54) is 7.11 Å². The summed E-state index contributed by atoms with van der Waals surface area (Å²) in [5.74, 6) is 0. The van der Waals surface area contributed by atoms with E-state index in [4.69, 9.17) is 31.5 Å². The van der Waals surface area contributed by atoms with E-state index in [0.717, 1.165) is 0 Å². The zero-order chi connectivity index (χ0) is 12.3. The zero-order valence-electron chi connectivity index (χ0n) is 8.85. The second-order valence-corrected chi connectivity index (χ2v) is 2.90. The fourth-order valence-electron chi connectivity index (χ4n) is 0.502. The molecule has 0 radical (unpaired) electrons. The lowest BCUT2D eigenvalue weighted by Gasteiger charge is -2.14. The van der Waals surface area contributed by atoms with Gasteiger partial charge < -0.3 is 30.4 Å². The van der Waals surface area contributed by atoms with E-state index in [9.17, 15) is 0 Å². The lowest BCUT2D eigenvalue weighted by atomic mass is 10.6. The molecule has 0 aromatic carbocycles. The van der Waals surface area contributed by atoms with Crippen LogP contribution in [0, 0.1) is 0 Å². The lowest BCUT2D eigenvalue weighted by molar-refractivity contribution is -0.0969. The number of hydrogen-bond acceptors (Lipinski definition) is 5. The maximum Gasteiger partial charge on any atom is 0.256 e. The lowest BCUT2D eigenvalue weighted by Crippen LogP contribution is -2.33. The molecule has 0 fully saturated rings. The molecule has 0 saturated carbocycles.